The summed E-state index contributed by atoms with van der Waals surface area (Å²) in [4.78, 5) is 2.40. The zero-order valence-corrected chi connectivity index (χ0v) is 12.1. The van der Waals surface area contributed by atoms with Gasteiger partial charge in [-0.2, -0.15) is 0 Å². The van der Waals surface area contributed by atoms with Gasteiger partial charge < -0.3 is 9.84 Å². The number of aliphatic hydroxyl groups excluding tert-OH is 1. The third kappa shape index (κ3) is 3.50. The highest BCUT2D eigenvalue weighted by Gasteiger charge is 2.29. The summed E-state index contributed by atoms with van der Waals surface area (Å²) in [6.45, 7) is 2.33. The molecule has 2 aromatic rings. The van der Waals surface area contributed by atoms with Crippen molar-refractivity contribution < 1.29 is 9.84 Å². The summed E-state index contributed by atoms with van der Waals surface area (Å²) >= 11 is 0. The number of benzene rings is 2. The van der Waals surface area contributed by atoms with Gasteiger partial charge in [0, 0.05) is 13.1 Å². The van der Waals surface area contributed by atoms with Crippen LogP contribution in [0, 0.1) is 0 Å². The first kappa shape index (κ1) is 14.3. The molecule has 21 heavy (non-hydrogen) atoms. The van der Waals surface area contributed by atoms with Crippen molar-refractivity contribution in [1.82, 2.24) is 4.90 Å². The molecular formula is C18H21NO2. The minimum absolute atomic E-state index is 0.0762. The predicted octanol–water partition coefficient (Wildman–Crippen LogP) is 2.62. The maximum atomic E-state index is 9.38. The van der Waals surface area contributed by atoms with Crippen molar-refractivity contribution in [1.29, 1.82) is 0 Å². The number of ether oxygens (including phenoxy) is 1. The lowest BCUT2D eigenvalue weighted by atomic mass is 10.0. The van der Waals surface area contributed by atoms with Gasteiger partial charge in [0.15, 0.2) is 0 Å². The number of hydrogen-bond acceptors (Lipinski definition) is 3. The van der Waals surface area contributed by atoms with Gasteiger partial charge in [0.05, 0.1) is 25.4 Å². The average Bonchev–Trinajstić information content (AvgIpc) is 2.56. The van der Waals surface area contributed by atoms with Crippen molar-refractivity contribution in [3.63, 3.8) is 0 Å². The quantitative estimate of drug-likeness (QED) is 0.936. The third-order valence-electron chi connectivity index (χ3n) is 3.99. The molecule has 1 heterocycles. The van der Waals surface area contributed by atoms with Crippen molar-refractivity contribution in [2.75, 3.05) is 19.8 Å². The van der Waals surface area contributed by atoms with Gasteiger partial charge in [-0.1, -0.05) is 60.7 Å². The van der Waals surface area contributed by atoms with E-state index < -0.39 is 0 Å². The summed E-state index contributed by atoms with van der Waals surface area (Å²) in [7, 11) is 0. The first-order chi connectivity index (χ1) is 10.4. The molecule has 0 spiro atoms. The Morgan fingerprint density at radius 3 is 2.33 bits per heavy atom. The molecule has 2 unspecified atom stereocenters. The third-order valence-corrected chi connectivity index (χ3v) is 3.99. The molecule has 1 aliphatic heterocycles. The summed E-state index contributed by atoms with van der Waals surface area (Å²) in [5, 5.41) is 9.38. The number of hydrogen-bond donors (Lipinski definition) is 1. The van der Waals surface area contributed by atoms with Crippen LogP contribution in [0.25, 0.3) is 0 Å². The molecule has 110 valence electrons. The van der Waals surface area contributed by atoms with Gasteiger partial charge in [0.2, 0.25) is 0 Å². The molecule has 0 aromatic heterocycles. The van der Waals surface area contributed by atoms with Crippen LogP contribution in [-0.2, 0) is 11.3 Å². The zero-order valence-electron chi connectivity index (χ0n) is 12.1. The number of nitrogens with zero attached hydrogens (tertiary/aromatic N) is 1. The molecule has 0 aliphatic carbocycles. The predicted molar refractivity (Wildman–Crippen MR) is 82.9 cm³/mol. The Morgan fingerprint density at radius 1 is 1.00 bits per heavy atom. The normalized spacial score (nSPS) is 23.1. The molecule has 3 rings (SSSR count). The summed E-state index contributed by atoms with van der Waals surface area (Å²) < 4.78 is 5.77. The van der Waals surface area contributed by atoms with Crippen molar-refractivity contribution in [3.05, 3.63) is 71.8 Å². The molecule has 0 radical (unpaired) electrons. The van der Waals surface area contributed by atoms with Crippen LogP contribution in [0.3, 0.4) is 0 Å². The first-order valence-corrected chi connectivity index (χ1v) is 7.42. The smallest absolute Gasteiger partial charge is 0.0933 e. The number of rotatable bonds is 4. The Morgan fingerprint density at radius 2 is 1.67 bits per heavy atom. The average molecular weight is 283 g/mol. The van der Waals surface area contributed by atoms with E-state index in [1.165, 1.54) is 11.1 Å². The van der Waals surface area contributed by atoms with Crippen LogP contribution in [0.4, 0.5) is 0 Å². The van der Waals surface area contributed by atoms with E-state index in [9.17, 15) is 5.11 Å². The molecule has 0 amide bonds. The lowest BCUT2D eigenvalue weighted by Gasteiger charge is -2.39. The highest BCUT2D eigenvalue weighted by molar-refractivity contribution is 5.21. The Kier molecular flexibility index (Phi) is 4.65. The SMILES string of the molecule is OCC1CN(Cc2ccccc2)C(c2ccccc2)CO1. The molecule has 1 fully saturated rings. The largest absolute Gasteiger partial charge is 0.394 e. The Labute approximate surface area is 125 Å². The summed E-state index contributed by atoms with van der Waals surface area (Å²) in [6.07, 6.45) is -0.0892. The van der Waals surface area contributed by atoms with E-state index in [0.29, 0.717) is 6.61 Å². The van der Waals surface area contributed by atoms with Crippen LogP contribution < -0.4 is 0 Å². The van der Waals surface area contributed by atoms with Gasteiger partial charge in [-0.05, 0) is 11.1 Å². The van der Waals surface area contributed by atoms with E-state index in [0.717, 1.165) is 13.1 Å². The fourth-order valence-corrected chi connectivity index (χ4v) is 2.86. The second-order valence-corrected chi connectivity index (χ2v) is 5.48. The van der Waals surface area contributed by atoms with E-state index in [2.05, 4.69) is 53.4 Å². The molecule has 3 heteroatoms. The van der Waals surface area contributed by atoms with Crippen LogP contribution in [0.2, 0.25) is 0 Å². The Hall–Kier alpha value is -1.68. The van der Waals surface area contributed by atoms with Crippen molar-refractivity contribution >= 4 is 0 Å². The highest BCUT2D eigenvalue weighted by atomic mass is 16.5. The summed E-state index contributed by atoms with van der Waals surface area (Å²) in [6, 6.07) is 21.2. The van der Waals surface area contributed by atoms with Crippen LogP contribution >= 0.6 is 0 Å². The van der Waals surface area contributed by atoms with E-state index in [1.54, 1.807) is 0 Å². The lowest BCUT2D eigenvalue weighted by Crippen LogP contribution is -2.45. The highest BCUT2D eigenvalue weighted by Crippen LogP contribution is 2.27. The standard InChI is InChI=1S/C18H21NO2/c20-13-17-12-19(11-15-7-3-1-4-8-15)18(14-21-17)16-9-5-2-6-10-16/h1-10,17-18,20H,11-14H2. The topological polar surface area (TPSA) is 32.7 Å². The summed E-state index contributed by atoms with van der Waals surface area (Å²) in [5.41, 5.74) is 2.56. The van der Waals surface area contributed by atoms with Gasteiger partial charge in [-0.25, -0.2) is 0 Å². The second kappa shape index (κ2) is 6.85. The monoisotopic (exact) mass is 283 g/mol. The Balaban J connectivity index is 1.80. The maximum absolute atomic E-state index is 9.38. The molecule has 0 saturated carbocycles. The second-order valence-electron chi connectivity index (χ2n) is 5.48. The molecule has 2 aromatic carbocycles. The molecule has 1 saturated heterocycles. The molecule has 3 nitrogen and oxygen atoms in total. The fraction of sp³-hybridized carbons (Fsp3) is 0.333. The Bertz CT molecular complexity index is 544. The lowest BCUT2D eigenvalue weighted by molar-refractivity contribution is -0.0866. The number of aliphatic hydroxyl groups is 1. The first-order valence-electron chi connectivity index (χ1n) is 7.42. The van der Waals surface area contributed by atoms with Crippen molar-refractivity contribution in [2.24, 2.45) is 0 Å². The molecule has 1 N–H and O–H groups in total. The number of morpholine rings is 1. The van der Waals surface area contributed by atoms with Crippen molar-refractivity contribution in [3.8, 4) is 0 Å². The molecular weight excluding hydrogens is 262 g/mol. The van der Waals surface area contributed by atoms with Crippen LogP contribution in [0.1, 0.15) is 17.2 Å². The maximum Gasteiger partial charge on any atom is 0.0933 e. The van der Waals surface area contributed by atoms with Gasteiger partial charge in [0.25, 0.3) is 0 Å². The molecule has 0 bridgehead atoms. The van der Waals surface area contributed by atoms with Crippen LogP contribution in [0.5, 0.6) is 0 Å². The van der Waals surface area contributed by atoms with Crippen molar-refractivity contribution in [2.45, 2.75) is 18.7 Å². The van der Waals surface area contributed by atoms with Crippen LogP contribution in [-0.4, -0.2) is 35.9 Å². The molecule has 2 atom stereocenters. The summed E-state index contributed by atoms with van der Waals surface area (Å²) in [5.74, 6) is 0. The zero-order chi connectivity index (χ0) is 14.5. The van der Waals surface area contributed by atoms with E-state index in [1.807, 2.05) is 12.1 Å². The molecule has 1 aliphatic rings. The van der Waals surface area contributed by atoms with Gasteiger partial charge in [-0.3, -0.25) is 4.90 Å². The van der Waals surface area contributed by atoms with Gasteiger partial charge in [-0.15, -0.1) is 0 Å². The van der Waals surface area contributed by atoms with Gasteiger partial charge >= 0.3 is 0 Å². The van der Waals surface area contributed by atoms with Crippen LogP contribution in [0.15, 0.2) is 60.7 Å². The van der Waals surface area contributed by atoms with E-state index >= 15 is 0 Å². The fourth-order valence-electron chi connectivity index (χ4n) is 2.86. The van der Waals surface area contributed by atoms with E-state index in [-0.39, 0.29) is 18.8 Å². The van der Waals surface area contributed by atoms with Gasteiger partial charge in [0.1, 0.15) is 0 Å². The minimum atomic E-state index is -0.0892. The van der Waals surface area contributed by atoms with E-state index in [4.69, 9.17) is 4.74 Å². The minimum Gasteiger partial charge on any atom is -0.394 e.